The Bertz CT molecular complexity index is 272. The van der Waals surface area contributed by atoms with E-state index in [-0.39, 0.29) is 5.41 Å². The molecular weight excluding hydrogens is 220 g/mol. The average molecular weight is 241 g/mol. The molecule has 0 atom stereocenters. The molecule has 0 unspecified atom stereocenters. The minimum absolute atomic E-state index is 0.149. The second-order valence-corrected chi connectivity index (χ2v) is 4.59. The molecule has 90 valence electrons. The number of halogens is 1. The molecule has 1 nitrogen and oxygen atoms in total. The molecule has 0 aliphatic heterocycles. The molecule has 0 saturated heterocycles. The minimum Gasteiger partial charge on any atom is -0.376 e. The molecule has 0 fully saturated rings. The summed E-state index contributed by atoms with van der Waals surface area (Å²) in [7, 11) is 0. The molecule has 2 heteroatoms. The number of rotatable bonds is 7. The monoisotopic (exact) mass is 240 g/mol. The molecule has 0 saturated carbocycles. The summed E-state index contributed by atoms with van der Waals surface area (Å²) in [5, 5.41) is 0. The molecule has 0 amide bonds. The van der Waals surface area contributed by atoms with Gasteiger partial charge in [0, 0.05) is 11.3 Å². The summed E-state index contributed by atoms with van der Waals surface area (Å²) in [4.78, 5) is 0. The van der Waals surface area contributed by atoms with Gasteiger partial charge in [-0.3, -0.25) is 0 Å². The fourth-order valence-corrected chi connectivity index (χ4v) is 2.10. The van der Waals surface area contributed by atoms with Crippen molar-refractivity contribution in [1.82, 2.24) is 0 Å². The Labute approximate surface area is 104 Å². The third-order valence-corrected chi connectivity index (χ3v) is 3.87. The van der Waals surface area contributed by atoms with Crippen LogP contribution in [0.1, 0.15) is 32.3 Å². The summed E-state index contributed by atoms with van der Waals surface area (Å²) in [6, 6.07) is 10.3. The molecule has 0 aliphatic carbocycles. The molecule has 0 aromatic heterocycles. The van der Waals surface area contributed by atoms with Crippen LogP contribution >= 0.6 is 11.6 Å². The molecule has 1 aromatic carbocycles. The summed E-state index contributed by atoms with van der Waals surface area (Å²) in [5.74, 6) is 0.675. The lowest BCUT2D eigenvalue weighted by Crippen LogP contribution is -2.27. The van der Waals surface area contributed by atoms with Gasteiger partial charge >= 0.3 is 0 Å². The first-order valence-corrected chi connectivity index (χ1v) is 6.47. The molecule has 1 rings (SSSR count). The van der Waals surface area contributed by atoms with Gasteiger partial charge in [-0.1, -0.05) is 44.2 Å². The Hall–Kier alpha value is -0.530. The quantitative estimate of drug-likeness (QED) is 0.648. The summed E-state index contributed by atoms with van der Waals surface area (Å²) < 4.78 is 5.77. The van der Waals surface area contributed by atoms with Crippen LogP contribution in [0.3, 0.4) is 0 Å². The lowest BCUT2D eigenvalue weighted by atomic mass is 9.85. The molecule has 16 heavy (non-hydrogen) atoms. The fraction of sp³-hybridized carbons (Fsp3) is 0.571. The van der Waals surface area contributed by atoms with Gasteiger partial charge in [0.05, 0.1) is 13.2 Å². The second kappa shape index (κ2) is 6.93. The largest absolute Gasteiger partial charge is 0.376 e. The Morgan fingerprint density at radius 1 is 1.12 bits per heavy atom. The van der Waals surface area contributed by atoms with Gasteiger partial charge in [0.2, 0.25) is 0 Å². The van der Waals surface area contributed by atoms with Gasteiger partial charge in [0.15, 0.2) is 0 Å². The van der Waals surface area contributed by atoms with Crippen molar-refractivity contribution in [2.75, 3.05) is 12.5 Å². The molecule has 0 aliphatic rings. The van der Waals surface area contributed by atoms with Crippen LogP contribution in [-0.4, -0.2) is 12.5 Å². The van der Waals surface area contributed by atoms with Crippen LogP contribution in [-0.2, 0) is 11.3 Å². The normalized spacial score (nSPS) is 11.7. The van der Waals surface area contributed by atoms with E-state index in [0.717, 1.165) is 19.4 Å². The number of ether oxygens (including phenoxy) is 1. The van der Waals surface area contributed by atoms with Crippen molar-refractivity contribution in [1.29, 1.82) is 0 Å². The van der Waals surface area contributed by atoms with Gasteiger partial charge in [-0.25, -0.2) is 0 Å². The van der Waals surface area contributed by atoms with Gasteiger partial charge < -0.3 is 4.74 Å². The number of alkyl halides is 1. The van der Waals surface area contributed by atoms with Crippen LogP contribution in [0.15, 0.2) is 30.3 Å². The highest BCUT2D eigenvalue weighted by Crippen LogP contribution is 2.28. The zero-order chi connectivity index (χ0) is 11.9. The van der Waals surface area contributed by atoms with Crippen molar-refractivity contribution < 1.29 is 4.74 Å². The summed E-state index contributed by atoms with van der Waals surface area (Å²) >= 11 is 6.03. The zero-order valence-corrected chi connectivity index (χ0v) is 11.0. The lowest BCUT2D eigenvalue weighted by Gasteiger charge is -2.28. The predicted molar refractivity (Wildman–Crippen MR) is 69.8 cm³/mol. The van der Waals surface area contributed by atoms with Crippen LogP contribution in [0, 0.1) is 5.41 Å². The van der Waals surface area contributed by atoms with Gasteiger partial charge in [0.25, 0.3) is 0 Å². The first kappa shape index (κ1) is 13.5. The molecule has 0 spiro atoms. The highest BCUT2D eigenvalue weighted by Gasteiger charge is 2.25. The number of hydrogen-bond donors (Lipinski definition) is 0. The van der Waals surface area contributed by atoms with Crippen LogP contribution in [0.25, 0.3) is 0 Å². The number of benzene rings is 1. The highest BCUT2D eigenvalue weighted by molar-refractivity contribution is 6.18. The Morgan fingerprint density at radius 3 is 2.25 bits per heavy atom. The molecule has 0 N–H and O–H groups in total. The smallest absolute Gasteiger partial charge is 0.0717 e. The van der Waals surface area contributed by atoms with Crippen LogP contribution in [0.4, 0.5) is 0 Å². The van der Waals surface area contributed by atoms with Gasteiger partial charge in [-0.2, -0.15) is 0 Å². The highest BCUT2D eigenvalue weighted by atomic mass is 35.5. The molecule has 0 heterocycles. The molecular formula is C14H21ClO. The van der Waals surface area contributed by atoms with Crippen molar-refractivity contribution in [3.63, 3.8) is 0 Å². The summed E-state index contributed by atoms with van der Waals surface area (Å²) in [6.45, 7) is 5.79. The van der Waals surface area contributed by atoms with E-state index in [1.807, 2.05) is 18.2 Å². The number of hydrogen-bond acceptors (Lipinski definition) is 1. The average Bonchev–Trinajstić information content (AvgIpc) is 2.37. The standard InChI is InChI=1S/C14H21ClO/c1-3-14(4-2,11-15)12-16-10-13-8-6-5-7-9-13/h5-9H,3-4,10-12H2,1-2H3. The molecule has 1 aromatic rings. The van der Waals surface area contributed by atoms with Gasteiger partial charge in [-0.05, 0) is 18.4 Å². The van der Waals surface area contributed by atoms with E-state index in [9.17, 15) is 0 Å². The first-order valence-electron chi connectivity index (χ1n) is 5.94. The second-order valence-electron chi connectivity index (χ2n) is 4.32. The van der Waals surface area contributed by atoms with Crippen molar-refractivity contribution in [2.45, 2.75) is 33.3 Å². The van der Waals surface area contributed by atoms with E-state index in [0.29, 0.717) is 12.5 Å². The van der Waals surface area contributed by atoms with Crippen molar-refractivity contribution in [3.05, 3.63) is 35.9 Å². The SMILES string of the molecule is CCC(CC)(CCl)COCc1ccccc1. The molecule has 0 radical (unpaired) electrons. The lowest BCUT2D eigenvalue weighted by molar-refractivity contribution is 0.0399. The van der Waals surface area contributed by atoms with Gasteiger partial charge in [0.1, 0.15) is 0 Å². The van der Waals surface area contributed by atoms with Crippen molar-refractivity contribution >= 4 is 11.6 Å². The maximum atomic E-state index is 6.03. The Balaban J connectivity index is 2.39. The topological polar surface area (TPSA) is 9.23 Å². The van der Waals surface area contributed by atoms with Crippen molar-refractivity contribution in [2.24, 2.45) is 5.41 Å². The Kier molecular flexibility index (Phi) is 5.86. The maximum Gasteiger partial charge on any atom is 0.0717 e. The van der Waals surface area contributed by atoms with E-state index in [4.69, 9.17) is 16.3 Å². The van der Waals surface area contributed by atoms with Crippen LogP contribution in [0.2, 0.25) is 0 Å². The van der Waals surface area contributed by atoms with E-state index in [1.165, 1.54) is 5.56 Å². The third kappa shape index (κ3) is 3.80. The van der Waals surface area contributed by atoms with Crippen LogP contribution < -0.4 is 0 Å². The first-order chi connectivity index (χ1) is 7.76. The predicted octanol–water partition coefficient (Wildman–Crippen LogP) is 4.25. The van der Waals surface area contributed by atoms with Gasteiger partial charge in [-0.15, -0.1) is 11.6 Å². The minimum atomic E-state index is 0.149. The Morgan fingerprint density at radius 2 is 1.75 bits per heavy atom. The van der Waals surface area contributed by atoms with E-state index in [2.05, 4.69) is 26.0 Å². The van der Waals surface area contributed by atoms with E-state index < -0.39 is 0 Å². The maximum absolute atomic E-state index is 6.03. The van der Waals surface area contributed by atoms with E-state index in [1.54, 1.807) is 0 Å². The van der Waals surface area contributed by atoms with E-state index >= 15 is 0 Å². The summed E-state index contributed by atoms with van der Waals surface area (Å²) in [6.07, 6.45) is 2.14. The van der Waals surface area contributed by atoms with Crippen molar-refractivity contribution in [3.8, 4) is 0 Å². The molecule has 0 bridgehead atoms. The third-order valence-electron chi connectivity index (χ3n) is 3.30. The summed E-state index contributed by atoms with van der Waals surface area (Å²) in [5.41, 5.74) is 1.37. The zero-order valence-electron chi connectivity index (χ0n) is 10.2. The fourth-order valence-electron chi connectivity index (χ4n) is 1.64. The van der Waals surface area contributed by atoms with Crippen LogP contribution in [0.5, 0.6) is 0 Å².